The van der Waals surface area contributed by atoms with E-state index in [2.05, 4.69) is 31.2 Å². The van der Waals surface area contributed by atoms with E-state index in [1.165, 1.54) is 0 Å². The van der Waals surface area contributed by atoms with Crippen LogP contribution >= 0.6 is 27.5 Å². The third-order valence-electron chi connectivity index (χ3n) is 7.21. The molecular formula is C27H27BrClN5O3. The van der Waals surface area contributed by atoms with Crippen LogP contribution in [0.25, 0.3) is 10.9 Å². The molecule has 5 rings (SSSR count). The second-order valence-corrected chi connectivity index (χ2v) is 10.9. The zero-order chi connectivity index (χ0) is 26.3. The number of amides is 3. The molecule has 2 atom stereocenters. The van der Waals surface area contributed by atoms with Crippen molar-refractivity contribution in [2.45, 2.75) is 20.4 Å². The number of aromatic nitrogens is 1. The second-order valence-electron chi connectivity index (χ2n) is 9.58. The van der Waals surface area contributed by atoms with E-state index >= 15 is 0 Å². The minimum absolute atomic E-state index is 0.0562. The van der Waals surface area contributed by atoms with Crippen LogP contribution in [0.15, 0.2) is 53.0 Å². The number of hydrazine groups is 1. The van der Waals surface area contributed by atoms with Gasteiger partial charge in [-0.3, -0.25) is 24.7 Å². The zero-order valence-corrected chi connectivity index (χ0v) is 22.9. The van der Waals surface area contributed by atoms with Gasteiger partial charge in [0.25, 0.3) is 17.7 Å². The van der Waals surface area contributed by atoms with Crippen molar-refractivity contribution in [2.75, 3.05) is 31.6 Å². The minimum Gasteiger partial charge on any atom is -0.336 e. The Hall–Kier alpha value is -3.01. The number of fused-ring (bicyclic) bond motifs is 1. The first-order valence-electron chi connectivity index (χ1n) is 12.2. The van der Waals surface area contributed by atoms with Gasteiger partial charge >= 0.3 is 0 Å². The van der Waals surface area contributed by atoms with Crippen molar-refractivity contribution in [2.24, 2.45) is 11.8 Å². The van der Waals surface area contributed by atoms with Gasteiger partial charge in [0, 0.05) is 54.4 Å². The van der Waals surface area contributed by atoms with E-state index in [-0.39, 0.29) is 29.6 Å². The summed E-state index contributed by atoms with van der Waals surface area (Å²) in [4.78, 5) is 47.0. The molecule has 2 fully saturated rings. The number of benzene rings is 2. The Bertz CT molecular complexity index is 1370. The maximum absolute atomic E-state index is 12.9. The fourth-order valence-corrected chi connectivity index (χ4v) is 5.35. The number of carbonyl (C=O) groups excluding carboxylic acids is 3. The molecule has 10 heteroatoms. The molecule has 0 radical (unpaired) electrons. The van der Waals surface area contributed by atoms with Crippen molar-refractivity contribution < 1.29 is 14.4 Å². The van der Waals surface area contributed by atoms with Gasteiger partial charge in [-0.2, -0.15) is 5.01 Å². The van der Waals surface area contributed by atoms with Crippen LogP contribution in [0, 0.1) is 11.8 Å². The summed E-state index contributed by atoms with van der Waals surface area (Å²) >= 11 is 9.74. The molecule has 0 aliphatic carbocycles. The van der Waals surface area contributed by atoms with Crippen LogP contribution in [-0.2, 0) is 16.1 Å². The van der Waals surface area contributed by atoms with Crippen LogP contribution in [0.3, 0.4) is 0 Å². The number of nitrogens with zero attached hydrogens (tertiary/aromatic N) is 4. The van der Waals surface area contributed by atoms with Gasteiger partial charge in [-0.15, -0.1) is 0 Å². The van der Waals surface area contributed by atoms with Crippen molar-refractivity contribution in [1.29, 1.82) is 0 Å². The third kappa shape index (κ3) is 5.08. The molecule has 2 aromatic carbocycles. The van der Waals surface area contributed by atoms with Crippen LogP contribution < -0.4 is 5.43 Å². The fourth-order valence-electron chi connectivity index (χ4n) is 4.79. The van der Waals surface area contributed by atoms with Gasteiger partial charge in [0.15, 0.2) is 0 Å². The predicted octanol–water partition coefficient (Wildman–Crippen LogP) is 4.58. The van der Waals surface area contributed by atoms with Gasteiger partial charge < -0.3 is 4.90 Å². The highest BCUT2D eigenvalue weighted by Crippen LogP contribution is 2.29. The van der Waals surface area contributed by atoms with Gasteiger partial charge in [0.1, 0.15) is 5.82 Å². The van der Waals surface area contributed by atoms with E-state index in [9.17, 15) is 14.4 Å². The number of imide groups is 1. The third-order valence-corrected chi connectivity index (χ3v) is 8.03. The van der Waals surface area contributed by atoms with E-state index in [1.54, 1.807) is 26.0 Å². The summed E-state index contributed by atoms with van der Waals surface area (Å²) in [5.74, 6) is -0.878. The molecule has 1 aromatic heterocycles. The Morgan fingerprint density at radius 1 is 1.03 bits per heavy atom. The lowest BCUT2D eigenvalue weighted by molar-refractivity contribution is -0.138. The average Bonchev–Trinajstić information content (AvgIpc) is 3.06. The number of hydrogen-bond donors (Lipinski definition) is 1. The summed E-state index contributed by atoms with van der Waals surface area (Å²) in [5, 5.41) is 2.54. The van der Waals surface area contributed by atoms with Gasteiger partial charge in [0.2, 0.25) is 0 Å². The van der Waals surface area contributed by atoms with E-state index in [4.69, 9.17) is 11.6 Å². The summed E-state index contributed by atoms with van der Waals surface area (Å²) in [5.41, 5.74) is 5.25. The molecule has 192 valence electrons. The largest absolute Gasteiger partial charge is 0.336 e. The SMILES string of the molecule is CC1C(=O)N(Nc2cc(CN3CCN(C(=O)c4ccccc4Cl)CC3)c3ccc(Br)cc3n2)C(=O)C1C. The van der Waals surface area contributed by atoms with Gasteiger partial charge in [-0.05, 0) is 35.9 Å². The standard InChI is InChI=1S/C27H27BrClN5O3/c1-16-17(2)26(36)34(25(16)35)31-24-13-18(20-8-7-19(28)14-23(20)30-24)15-32-9-11-33(12-10-32)27(37)21-5-3-4-6-22(21)29/h3-8,13-14,16-17H,9-12,15H2,1-2H3,(H,30,31). The molecule has 1 N–H and O–H groups in total. The molecule has 0 spiro atoms. The lowest BCUT2D eigenvalue weighted by atomic mass is 10.00. The Kier molecular flexibility index (Phi) is 7.20. The summed E-state index contributed by atoms with van der Waals surface area (Å²) in [6, 6.07) is 14.9. The number of carbonyl (C=O) groups is 3. The molecule has 8 nitrogen and oxygen atoms in total. The normalized spacial score (nSPS) is 20.6. The molecule has 0 saturated carbocycles. The Labute approximate surface area is 228 Å². The van der Waals surface area contributed by atoms with Crippen LogP contribution in [0.1, 0.15) is 29.8 Å². The highest BCUT2D eigenvalue weighted by atomic mass is 79.9. The number of piperazine rings is 1. The Morgan fingerprint density at radius 3 is 2.38 bits per heavy atom. The smallest absolute Gasteiger partial charge is 0.255 e. The van der Waals surface area contributed by atoms with Gasteiger partial charge in [-0.25, -0.2) is 4.98 Å². The summed E-state index contributed by atoms with van der Waals surface area (Å²) < 4.78 is 0.887. The first kappa shape index (κ1) is 25.6. The minimum atomic E-state index is -0.376. The summed E-state index contributed by atoms with van der Waals surface area (Å²) in [7, 11) is 0. The van der Waals surface area contributed by atoms with Gasteiger partial charge in [0.05, 0.1) is 16.1 Å². The molecule has 2 saturated heterocycles. The Morgan fingerprint density at radius 2 is 1.70 bits per heavy atom. The van der Waals surface area contributed by atoms with Crippen LogP contribution in [-0.4, -0.2) is 63.7 Å². The van der Waals surface area contributed by atoms with Crippen LogP contribution in [0.4, 0.5) is 5.82 Å². The zero-order valence-electron chi connectivity index (χ0n) is 20.6. The highest BCUT2D eigenvalue weighted by Gasteiger charge is 2.43. The highest BCUT2D eigenvalue weighted by molar-refractivity contribution is 9.10. The van der Waals surface area contributed by atoms with Crippen molar-refractivity contribution in [3.8, 4) is 0 Å². The molecule has 0 bridgehead atoms. The lowest BCUT2D eigenvalue weighted by Crippen LogP contribution is -2.48. The quantitative estimate of drug-likeness (QED) is 0.442. The van der Waals surface area contributed by atoms with Crippen molar-refractivity contribution in [1.82, 2.24) is 19.8 Å². The fraction of sp³-hybridized carbons (Fsp3) is 0.333. The molecule has 2 unspecified atom stereocenters. The molecular weight excluding hydrogens is 558 g/mol. The molecule has 3 heterocycles. The first-order valence-corrected chi connectivity index (χ1v) is 13.4. The number of hydrogen-bond acceptors (Lipinski definition) is 6. The number of nitrogens with one attached hydrogen (secondary N) is 1. The molecule has 2 aliphatic heterocycles. The average molecular weight is 585 g/mol. The van der Waals surface area contributed by atoms with E-state index in [1.807, 2.05) is 41.3 Å². The predicted molar refractivity (Wildman–Crippen MR) is 146 cm³/mol. The van der Waals surface area contributed by atoms with E-state index in [0.29, 0.717) is 49.1 Å². The van der Waals surface area contributed by atoms with Crippen LogP contribution in [0.2, 0.25) is 5.02 Å². The maximum atomic E-state index is 12.9. The van der Waals surface area contributed by atoms with Crippen molar-refractivity contribution in [3.05, 3.63) is 69.2 Å². The number of halogens is 2. The Balaban J connectivity index is 1.34. The summed E-state index contributed by atoms with van der Waals surface area (Å²) in [6.45, 7) is 6.76. The van der Waals surface area contributed by atoms with Crippen molar-refractivity contribution in [3.63, 3.8) is 0 Å². The van der Waals surface area contributed by atoms with Crippen molar-refractivity contribution >= 4 is 62.0 Å². The topological polar surface area (TPSA) is 85.8 Å². The molecule has 3 aromatic rings. The second kappa shape index (κ2) is 10.4. The lowest BCUT2D eigenvalue weighted by Gasteiger charge is -2.35. The van der Waals surface area contributed by atoms with Gasteiger partial charge in [-0.1, -0.05) is 59.6 Å². The number of pyridine rings is 1. The number of anilines is 1. The molecule has 37 heavy (non-hydrogen) atoms. The summed E-state index contributed by atoms with van der Waals surface area (Å²) in [6.07, 6.45) is 0. The maximum Gasteiger partial charge on any atom is 0.255 e. The van der Waals surface area contributed by atoms with E-state index < -0.39 is 0 Å². The van der Waals surface area contributed by atoms with Crippen LogP contribution in [0.5, 0.6) is 0 Å². The monoisotopic (exact) mass is 583 g/mol. The molecule has 3 amide bonds. The number of rotatable bonds is 5. The molecule has 2 aliphatic rings. The van der Waals surface area contributed by atoms with E-state index in [0.717, 1.165) is 25.9 Å². The first-order chi connectivity index (χ1) is 17.7.